The monoisotopic (exact) mass is 379 g/mol. The summed E-state index contributed by atoms with van der Waals surface area (Å²) >= 11 is 0. The van der Waals surface area contributed by atoms with Crippen LogP contribution >= 0.6 is 0 Å². The highest BCUT2D eigenvalue weighted by atomic mass is 16.2. The number of carbonyl (C=O) groups excluding carboxylic acids is 2. The standard InChI is InChI=1S/C21H25N5O2/c22-15-18(27)24-13-7-8-14-26-19(28)21(25-20(26)23,16-9-3-1-4-10-16)17-11-5-2-6-12-17/h1-6,9-12H,7-8,13-15,22H2,(H2,23,25)(H,24,27). The summed E-state index contributed by atoms with van der Waals surface area (Å²) in [6.07, 6.45) is 1.37. The van der Waals surface area contributed by atoms with Crippen LogP contribution in [0.4, 0.5) is 0 Å². The van der Waals surface area contributed by atoms with Gasteiger partial charge in [0.25, 0.3) is 5.91 Å². The molecule has 3 rings (SSSR count). The topological polar surface area (TPSA) is 111 Å². The lowest BCUT2D eigenvalue weighted by atomic mass is 9.82. The minimum absolute atomic E-state index is 0.0319. The number of unbranched alkanes of at least 4 members (excludes halogenated alkanes) is 1. The zero-order valence-corrected chi connectivity index (χ0v) is 15.7. The second kappa shape index (κ2) is 8.67. The molecule has 146 valence electrons. The molecule has 0 aliphatic carbocycles. The van der Waals surface area contributed by atoms with Gasteiger partial charge in [-0.3, -0.25) is 19.9 Å². The minimum Gasteiger partial charge on any atom is -0.355 e. The number of nitrogens with one attached hydrogen (secondary N) is 3. The van der Waals surface area contributed by atoms with Gasteiger partial charge in [0.2, 0.25) is 5.91 Å². The molecule has 28 heavy (non-hydrogen) atoms. The third-order valence-corrected chi connectivity index (χ3v) is 4.87. The largest absolute Gasteiger partial charge is 0.355 e. The van der Waals surface area contributed by atoms with E-state index < -0.39 is 5.54 Å². The first-order valence-electron chi connectivity index (χ1n) is 9.36. The van der Waals surface area contributed by atoms with Crippen LogP contribution in [0.25, 0.3) is 0 Å². The van der Waals surface area contributed by atoms with Crippen LogP contribution in [0, 0.1) is 5.41 Å². The molecule has 1 fully saturated rings. The summed E-state index contributed by atoms with van der Waals surface area (Å²) in [5.41, 5.74) is 5.76. The Morgan fingerprint density at radius 3 is 2.14 bits per heavy atom. The lowest BCUT2D eigenvalue weighted by Gasteiger charge is -2.28. The van der Waals surface area contributed by atoms with Crippen LogP contribution in [-0.2, 0) is 15.1 Å². The van der Waals surface area contributed by atoms with Gasteiger partial charge in [0.05, 0.1) is 6.54 Å². The predicted octanol–water partition coefficient (Wildman–Crippen LogP) is 1.15. The third-order valence-electron chi connectivity index (χ3n) is 4.87. The molecule has 5 N–H and O–H groups in total. The molecule has 2 amide bonds. The van der Waals surface area contributed by atoms with E-state index in [1.54, 1.807) is 0 Å². The average Bonchev–Trinajstić information content (AvgIpc) is 3.00. The van der Waals surface area contributed by atoms with Crippen molar-refractivity contribution in [2.75, 3.05) is 19.6 Å². The number of nitrogens with zero attached hydrogens (tertiary/aromatic N) is 1. The maximum absolute atomic E-state index is 13.5. The summed E-state index contributed by atoms with van der Waals surface area (Å²) in [5, 5.41) is 14.2. The van der Waals surface area contributed by atoms with Crippen molar-refractivity contribution in [3.05, 3.63) is 71.8 Å². The van der Waals surface area contributed by atoms with E-state index in [0.29, 0.717) is 25.9 Å². The fourth-order valence-corrected chi connectivity index (χ4v) is 3.45. The molecule has 1 aliphatic rings. The highest BCUT2D eigenvalue weighted by Crippen LogP contribution is 2.35. The molecule has 0 spiro atoms. The molecule has 1 saturated heterocycles. The van der Waals surface area contributed by atoms with Crippen molar-refractivity contribution >= 4 is 17.8 Å². The van der Waals surface area contributed by atoms with Crippen LogP contribution in [0.1, 0.15) is 24.0 Å². The molecule has 0 aromatic heterocycles. The summed E-state index contributed by atoms with van der Waals surface area (Å²) in [6, 6.07) is 19.0. The highest BCUT2D eigenvalue weighted by molar-refractivity contribution is 6.10. The Labute approximate surface area is 164 Å². The first-order chi connectivity index (χ1) is 13.6. The average molecular weight is 379 g/mol. The van der Waals surface area contributed by atoms with Gasteiger partial charge >= 0.3 is 0 Å². The van der Waals surface area contributed by atoms with Crippen molar-refractivity contribution in [2.45, 2.75) is 18.4 Å². The number of amides is 2. The van der Waals surface area contributed by atoms with Crippen molar-refractivity contribution in [2.24, 2.45) is 5.73 Å². The Morgan fingerprint density at radius 2 is 1.61 bits per heavy atom. The smallest absolute Gasteiger partial charge is 0.264 e. The summed E-state index contributed by atoms with van der Waals surface area (Å²) in [7, 11) is 0. The molecule has 2 aromatic carbocycles. The van der Waals surface area contributed by atoms with Crippen molar-refractivity contribution in [3.8, 4) is 0 Å². The van der Waals surface area contributed by atoms with Gasteiger partial charge in [0, 0.05) is 13.1 Å². The quantitative estimate of drug-likeness (QED) is 0.516. The van der Waals surface area contributed by atoms with E-state index in [-0.39, 0.29) is 24.3 Å². The molecule has 2 aromatic rings. The van der Waals surface area contributed by atoms with E-state index in [1.165, 1.54) is 4.90 Å². The molecule has 0 radical (unpaired) electrons. The highest BCUT2D eigenvalue weighted by Gasteiger charge is 2.51. The van der Waals surface area contributed by atoms with E-state index in [9.17, 15) is 9.59 Å². The maximum atomic E-state index is 13.5. The number of guanidine groups is 1. The Kier molecular flexibility index (Phi) is 6.06. The fourth-order valence-electron chi connectivity index (χ4n) is 3.45. The summed E-state index contributed by atoms with van der Waals surface area (Å²) in [4.78, 5) is 26.2. The lowest BCUT2D eigenvalue weighted by Crippen LogP contribution is -2.45. The van der Waals surface area contributed by atoms with Crippen molar-refractivity contribution in [1.82, 2.24) is 15.5 Å². The number of hydrogen-bond donors (Lipinski definition) is 4. The van der Waals surface area contributed by atoms with Gasteiger partial charge in [0.15, 0.2) is 11.5 Å². The maximum Gasteiger partial charge on any atom is 0.264 e. The second-order valence-electron chi connectivity index (χ2n) is 6.67. The Balaban J connectivity index is 1.79. The summed E-state index contributed by atoms with van der Waals surface area (Å²) < 4.78 is 0. The zero-order chi connectivity index (χ0) is 20.0. The Bertz CT molecular complexity index is 799. The SMILES string of the molecule is N=C1NC(c2ccccc2)(c2ccccc2)C(=O)N1CCCCNC(=O)CN. The Morgan fingerprint density at radius 1 is 1.04 bits per heavy atom. The summed E-state index contributed by atoms with van der Waals surface area (Å²) in [6.45, 7) is 0.877. The molecule has 1 heterocycles. The van der Waals surface area contributed by atoms with Crippen molar-refractivity contribution in [3.63, 3.8) is 0 Å². The molecule has 7 heteroatoms. The first-order valence-corrected chi connectivity index (χ1v) is 9.36. The van der Waals surface area contributed by atoms with Gasteiger partial charge in [-0.05, 0) is 24.0 Å². The van der Waals surface area contributed by atoms with E-state index in [1.807, 2.05) is 60.7 Å². The van der Waals surface area contributed by atoms with Gasteiger partial charge in [0.1, 0.15) is 0 Å². The first kappa shape index (κ1) is 19.6. The van der Waals surface area contributed by atoms with Crippen LogP contribution < -0.4 is 16.4 Å². The van der Waals surface area contributed by atoms with E-state index in [2.05, 4.69) is 10.6 Å². The van der Waals surface area contributed by atoms with Crippen molar-refractivity contribution in [1.29, 1.82) is 5.41 Å². The second-order valence-corrected chi connectivity index (χ2v) is 6.67. The Hall–Kier alpha value is -3.19. The van der Waals surface area contributed by atoms with E-state index in [0.717, 1.165) is 11.1 Å². The fraction of sp³-hybridized carbons (Fsp3) is 0.286. The van der Waals surface area contributed by atoms with Crippen LogP contribution in [0.2, 0.25) is 0 Å². The number of rotatable bonds is 8. The number of hydrogen-bond acceptors (Lipinski definition) is 4. The summed E-state index contributed by atoms with van der Waals surface area (Å²) in [5.74, 6) is -0.275. The molecule has 0 saturated carbocycles. The van der Waals surface area contributed by atoms with Crippen LogP contribution in [-0.4, -0.2) is 42.3 Å². The van der Waals surface area contributed by atoms with Crippen LogP contribution in [0.5, 0.6) is 0 Å². The molecular formula is C21H25N5O2. The van der Waals surface area contributed by atoms with Crippen LogP contribution in [0.3, 0.4) is 0 Å². The lowest BCUT2D eigenvalue weighted by molar-refractivity contribution is -0.130. The normalized spacial score (nSPS) is 15.4. The molecular weight excluding hydrogens is 354 g/mol. The van der Waals surface area contributed by atoms with Gasteiger partial charge in [-0.2, -0.15) is 0 Å². The van der Waals surface area contributed by atoms with Gasteiger partial charge in [-0.15, -0.1) is 0 Å². The van der Waals surface area contributed by atoms with Crippen LogP contribution in [0.15, 0.2) is 60.7 Å². The van der Waals surface area contributed by atoms with Gasteiger partial charge in [-0.1, -0.05) is 60.7 Å². The number of nitrogens with two attached hydrogens (primary N) is 1. The van der Waals surface area contributed by atoms with E-state index >= 15 is 0 Å². The molecule has 0 unspecified atom stereocenters. The minimum atomic E-state index is -1.10. The number of benzene rings is 2. The van der Waals surface area contributed by atoms with E-state index in [4.69, 9.17) is 11.1 Å². The third kappa shape index (κ3) is 3.75. The van der Waals surface area contributed by atoms with Crippen molar-refractivity contribution < 1.29 is 9.59 Å². The molecule has 1 aliphatic heterocycles. The predicted molar refractivity (Wildman–Crippen MR) is 108 cm³/mol. The molecule has 7 nitrogen and oxygen atoms in total. The molecule has 0 atom stereocenters. The van der Waals surface area contributed by atoms with Gasteiger partial charge in [-0.25, -0.2) is 0 Å². The van der Waals surface area contributed by atoms with Gasteiger partial charge < -0.3 is 16.4 Å². The zero-order valence-electron chi connectivity index (χ0n) is 15.7. The number of carbonyl (C=O) groups is 2. The molecule has 0 bridgehead atoms.